The lowest BCUT2D eigenvalue weighted by Gasteiger charge is -1.97. The molecular weight excluding hydrogens is 194 g/mol. The van der Waals surface area contributed by atoms with E-state index in [9.17, 15) is 4.79 Å². The summed E-state index contributed by atoms with van der Waals surface area (Å²) in [5.41, 5.74) is 0.0596. The van der Waals surface area contributed by atoms with E-state index < -0.39 is 5.97 Å². The Morgan fingerprint density at radius 1 is 1.53 bits per heavy atom. The molecular formula is C10H8N3O2+. The summed E-state index contributed by atoms with van der Waals surface area (Å²) in [6.45, 7) is 1.30. The van der Waals surface area contributed by atoms with E-state index in [1.807, 2.05) is 5.87 Å². The number of carbonyl (C=O) groups is 1. The molecule has 0 radical (unpaired) electrons. The van der Waals surface area contributed by atoms with Crippen molar-refractivity contribution in [3.8, 4) is 11.8 Å². The Morgan fingerprint density at radius 2 is 2.13 bits per heavy atom. The quantitative estimate of drug-likeness (QED) is 0.328. The molecule has 5 nitrogen and oxygen atoms in total. The predicted octanol–water partition coefficient (Wildman–Crippen LogP) is 0.512. The van der Waals surface area contributed by atoms with Crippen molar-refractivity contribution in [1.29, 1.82) is 10.7 Å². The van der Waals surface area contributed by atoms with Gasteiger partial charge in [-0.1, -0.05) is 0 Å². The number of nitrogens with one attached hydrogen (secondary N) is 1. The zero-order valence-electron chi connectivity index (χ0n) is 8.02. The van der Waals surface area contributed by atoms with E-state index in [4.69, 9.17) is 15.4 Å². The Hall–Kier alpha value is -2.44. The average Bonchev–Trinajstić information content (AvgIpc) is 2.21. The lowest BCUT2D eigenvalue weighted by molar-refractivity contribution is -0.576. The molecule has 0 aliphatic rings. The van der Waals surface area contributed by atoms with Gasteiger partial charge in [0.15, 0.2) is 18.5 Å². The van der Waals surface area contributed by atoms with Crippen molar-refractivity contribution in [3.05, 3.63) is 24.5 Å². The molecule has 0 saturated carbocycles. The highest BCUT2D eigenvalue weighted by molar-refractivity contribution is 5.80. The van der Waals surface area contributed by atoms with Crippen LogP contribution in [0.15, 0.2) is 24.5 Å². The molecule has 0 atom stereocenters. The van der Waals surface area contributed by atoms with Gasteiger partial charge in [0.05, 0.1) is 5.87 Å². The van der Waals surface area contributed by atoms with E-state index in [-0.39, 0.29) is 5.70 Å². The van der Waals surface area contributed by atoms with Crippen molar-refractivity contribution in [2.24, 2.45) is 0 Å². The van der Waals surface area contributed by atoms with E-state index in [0.717, 1.165) is 0 Å². The number of allylic oxidation sites excluding steroid dienone is 1. The number of nitrogens with zero attached hydrogens (tertiary/aromatic N) is 2. The number of hydrogen-bond donors (Lipinski definition) is 1. The second-order valence-corrected chi connectivity index (χ2v) is 2.62. The molecule has 0 bridgehead atoms. The number of aromatic nitrogens is 1. The Morgan fingerprint density at radius 3 is 2.53 bits per heavy atom. The smallest absolute Gasteiger partial charge is 0.351 e. The van der Waals surface area contributed by atoms with Gasteiger partial charge in [0, 0.05) is 19.1 Å². The van der Waals surface area contributed by atoms with Gasteiger partial charge in [0.1, 0.15) is 5.75 Å². The highest BCUT2D eigenvalue weighted by atomic mass is 16.5. The monoisotopic (exact) mass is 202 g/mol. The summed E-state index contributed by atoms with van der Waals surface area (Å²) in [4.78, 5) is 10.6. The zero-order chi connectivity index (χ0) is 11.3. The largest absolute Gasteiger partial charge is 0.426 e. The minimum absolute atomic E-state index is 0.0596. The Bertz CT molecular complexity index is 464. The lowest BCUT2D eigenvalue weighted by Crippen LogP contribution is -2.30. The predicted molar refractivity (Wildman–Crippen MR) is 51.0 cm³/mol. The maximum atomic E-state index is 10.6. The summed E-state index contributed by atoms with van der Waals surface area (Å²) in [6.07, 6.45) is 3.02. The van der Waals surface area contributed by atoms with E-state index in [0.29, 0.717) is 5.75 Å². The minimum atomic E-state index is -0.407. The second kappa shape index (κ2) is 4.70. The number of esters is 1. The topological polar surface area (TPSA) is 77.8 Å². The van der Waals surface area contributed by atoms with Crippen molar-refractivity contribution in [3.63, 3.8) is 0 Å². The van der Waals surface area contributed by atoms with Crippen LogP contribution in [0.5, 0.6) is 5.75 Å². The molecule has 0 aliphatic carbocycles. The first-order valence-corrected chi connectivity index (χ1v) is 4.07. The van der Waals surface area contributed by atoms with Gasteiger partial charge in [-0.05, 0) is 0 Å². The minimum Gasteiger partial charge on any atom is -0.426 e. The van der Waals surface area contributed by atoms with Gasteiger partial charge in [-0.15, -0.1) is 4.57 Å². The molecule has 0 fully saturated rings. The van der Waals surface area contributed by atoms with E-state index in [2.05, 4.69) is 0 Å². The average molecular weight is 202 g/mol. The van der Waals surface area contributed by atoms with Crippen LogP contribution >= 0.6 is 0 Å². The molecule has 1 heterocycles. The Balaban J connectivity index is 2.96. The molecule has 5 heteroatoms. The molecule has 74 valence electrons. The standard InChI is InChI=1S/C10H8N3O2/c1-8(14)15-10-2-4-13(5-3-10)9(6-11)7-12/h2-5,11H,1H3/q+1. The van der Waals surface area contributed by atoms with Gasteiger partial charge in [-0.2, -0.15) is 5.26 Å². The number of carbonyl (C=O) groups excluding carboxylic acids is 1. The number of nitriles is 1. The normalized spacial score (nSPS) is 8.53. The van der Waals surface area contributed by atoms with Gasteiger partial charge < -0.3 is 4.74 Å². The van der Waals surface area contributed by atoms with Gasteiger partial charge in [-0.25, -0.2) is 0 Å². The summed E-state index contributed by atoms with van der Waals surface area (Å²) >= 11 is 0. The fourth-order valence-electron chi connectivity index (χ4n) is 0.946. The molecule has 0 unspecified atom stereocenters. The second-order valence-electron chi connectivity index (χ2n) is 2.62. The maximum Gasteiger partial charge on any atom is 0.351 e. The molecule has 15 heavy (non-hydrogen) atoms. The van der Waals surface area contributed by atoms with Crippen molar-refractivity contribution < 1.29 is 14.1 Å². The van der Waals surface area contributed by atoms with Crippen molar-refractivity contribution in [2.75, 3.05) is 0 Å². The van der Waals surface area contributed by atoms with Gasteiger partial charge in [-0.3, -0.25) is 10.2 Å². The van der Waals surface area contributed by atoms with E-state index >= 15 is 0 Å². The van der Waals surface area contributed by atoms with E-state index in [1.165, 1.54) is 36.0 Å². The van der Waals surface area contributed by atoms with Crippen molar-refractivity contribution >= 4 is 17.5 Å². The highest BCUT2D eigenvalue weighted by Gasteiger charge is 2.08. The third kappa shape index (κ3) is 2.76. The molecule has 0 saturated heterocycles. The summed E-state index contributed by atoms with van der Waals surface area (Å²) in [5, 5.41) is 15.5. The van der Waals surface area contributed by atoms with Crippen LogP contribution in [-0.2, 0) is 4.79 Å². The van der Waals surface area contributed by atoms with Crippen LogP contribution in [0, 0.1) is 16.7 Å². The number of rotatable bonds is 2. The van der Waals surface area contributed by atoms with Gasteiger partial charge in [0.2, 0.25) is 0 Å². The lowest BCUT2D eigenvalue weighted by atomic mass is 10.4. The first kappa shape index (κ1) is 10.6. The molecule has 1 aromatic heterocycles. The van der Waals surface area contributed by atoms with Gasteiger partial charge >= 0.3 is 11.7 Å². The van der Waals surface area contributed by atoms with Crippen LogP contribution in [0.4, 0.5) is 0 Å². The van der Waals surface area contributed by atoms with E-state index in [1.54, 1.807) is 6.07 Å². The number of ether oxygens (including phenoxy) is 1. The summed E-state index contributed by atoms with van der Waals surface area (Å²) in [6, 6.07) is 4.85. The number of hydrogen-bond acceptors (Lipinski definition) is 4. The van der Waals surface area contributed by atoms with Crippen LogP contribution in [0.3, 0.4) is 0 Å². The molecule has 0 amide bonds. The fraction of sp³-hybridized carbons (Fsp3) is 0.100. The first-order valence-electron chi connectivity index (χ1n) is 4.07. The van der Waals surface area contributed by atoms with Gasteiger partial charge in [0.25, 0.3) is 0 Å². The highest BCUT2D eigenvalue weighted by Crippen LogP contribution is 2.06. The SMILES string of the molecule is CC(=O)Oc1cc[n+](C(=C=N)C#N)cc1. The Kier molecular flexibility index (Phi) is 3.33. The maximum absolute atomic E-state index is 10.6. The van der Waals surface area contributed by atoms with Crippen LogP contribution in [0.2, 0.25) is 0 Å². The molecule has 1 rings (SSSR count). The van der Waals surface area contributed by atoms with Crippen LogP contribution in [0.1, 0.15) is 6.92 Å². The summed E-state index contributed by atoms with van der Waals surface area (Å²) in [7, 11) is 0. The molecule has 0 spiro atoms. The molecule has 1 N–H and O–H groups in total. The van der Waals surface area contributed by atoms with Crippen molar-refractivity contribution in [2.45, 2.75) is 6.92 Å². The molecule has 0 aliphatic heterocycles. The Labute approximate surface area is 86.3 Å². The fourth-order valence-corrected chi connectivity index (χ4v) is 0.946. The molecule has 0 aromatic carbocycles. The number of pyridine rings is 1. The third-order valence-electron chi connectivity index (χ3n) is 1.54. The first-order chi connectivity index (χ1) is 7.17. The zero-order valence-corrected chi connectivity index (χ0v) is 8.02. The summed E-state index contributed by atoms with van der Waals surface area (Å²) in [5.74, 6) is 1.97. The molecule has 1 aromatic rings. The van der Waals surface area contributed by atoms with Crippen LogP contribution in [-0.4, -0.2) is 11.8 Å². The van der Waals surface area contributed by atoms with Crippen molar-refractivity contribution in [1.82, 2.24) is 0 Å². The summed E-state index contributed by atoms with van der Waals surface area (Å²) < 4.78 is 6.21. The third-order valence-corrected chi connectivity index (χ3v) is 1.54. The van der Waals surface area contributed by atoms with Crippen LogP contribution < -0.4 is 9.30 Å². The van der Waals surface area contributed by atoms with Crippen LogP contribution in [0.25, 0.3) is 5.70 Å².